The summed E-state index contributed by atoms with van der Waals surface area (Å²) in [6.45, 7) is 1.51. The van der Waals surface area contributed by atoms with Gasteiger partial charge in [-0.25, -0.2) is 13.2 Å². The second-order valence-corrected chi connectivity index (χ2v) is 8.17. The smallest absolute Gasteiger partial charge is 0.328 e. The number of sulfonamides is 1. The maximum atomic E-state index is 12.6. The molecule has 0 saturated heterocycles. The summed E-state index contributed by atoms with van der Waals surface area (Å²) in [5, 5.41) is 9.39. The Bertz CT molecular complexity index is 883. The van der Waals surface area contributed by atoms with Gasteiger partial charge >= 0.3 is 5.69 Å². The number of imidazole rings is 1. The molecule has 1 N–H and O–H groups in total. The first-order chi connectivity index (χ1) is 10.1. The average Bonchev–Trinajstić information content (AvgIpc) is 2.62. The standard InChI is InChI=1S/C13H18BrN3O4S/c1-8(18)7-15(2)22(20,21)12-6-11-10(5-9(12)14)16(3)13(19)17(11)4/h5-6,8,18H,7H2,1-4H3/t8-/m0/s1. The molecule has 0 aliphatic carbocycles. The maximum Gasteiger partial charge on any atom is 0.328 e. The minimum atomic E-state index is -3.77. The van der Waals surface area contributed by atoms with E-state index in [9.17, 15) is 18.3 Å². The van der Waals surface area contributed by atoms with E-state index in [2.05, 4.69) is 15.9 Å². The average molecular weight is 392 g/mol. The number of aryl methyl sites for hydroxylation is 2. The van der Waals surface area contributed by atoms with Gasteiger partial charge in [0.2, 0.25) is 10.0 Å². The SMILES string of the molecule is C[C@H](O)CN(C)S(=O)(=O)c1cc2c(cc1Br)n(C)c(=O)n2C. The number of aliphatic hydroxyl groups is 1. The summed E-state index contributed by atoms with van der Waals surface area (Å²) in [6.07, 6.45) is -0.775. The molecule has 2 aromatic rings. The van der Waals surface area contributed by atoms with Crippen molar-refractivity contribution in [3.8, 4) is 0 Å². The Morgan fingerprint density at radius 1 is 1.27 bits per heavy atom. The number of aliphatic hydroxyl groups excluding tert-OH is 1. The minimum absolute atomic E-state index is 0.0134. The molecule has 0 radical (unpaired) electrons. The largest absolute Gasteiger partial charge is 0.392 e. The van der Waals surface area contributed by atoms with E-state index in [0.717, 1.165) is 4.31 Å². The van der Waals surface area contributed by atoms with E-state index in [1.165, 1.54) is 29.2 Å². The zero-order chi connectivity index (χ0) is 16.8. The molecule has 1 aromatic carbocycles. The number of hydrogen-bond acceptors (Lipinski definition) is 4. The lowest BCUT2D eigenvalue weighted by molar-refractivity contribution is 0.171. The van der Waals surface area contributed by atoms with Gasteiger partial charge in [-0.05, 0) is 35.0 Å². The zero-order valence-corrected chi connectivity index (χ0v) is 15.1. The third-order valence-corrected chi connectivity index (χ3v) is 6.32. The fraction of sp³-hybridized carbons (Fsp3) is 0.462. The Labute approximate surface area is 136 Å². The Balaban J connectivity index is 2.69. The van der Waals surface area contributed by atoms with Gasteiger partial charge in [0, 0.05) is 32.2 Å². The molecule has 0 fully saturated rings. The Hall–Kier alpha value is -1.16. The molecule has 0 aliphatic heterocycles. The summed E-state index contributed by atoms with van der Waals surface area (Å²) in [5.41, 5.74) is 0.935. The summed E-state index contributed by atoms with van der Waals surface area (Å²) in [5.74, 6) is 0. The molecule has 9 heteroatoms. The number of likely N-dealkylation sites (N-methyl/N-ethyl adjacent to an activating group) is 1. The quantitative estimate of drug-likeness (QED) is 0.828. The van der Waals surface area contributed by atoms with E-state index in [1.807, 2.05) is 0 Å². The van der Waals surface area contributed by atoms with Crippen LogP contribution in [0, 0.1) is 0 Å². The van der Waals surface area contributed by atoms with E-state index in [4.69, 9.17) is 0 Å². The van der Waals surface area contributed by atoms with Gasteiger partial charge in [0.05, 0.1) is 22.0 Å². The van der Waals surface area contributed by atoms with Crippen molar-refractivity contribution in [3.05, 3.63) is 27.1 Å². The maximum absolute atomic E-state index is 12.6. The van der Waals surface area contributed by atoms with Gasteiger partial charge in [-0.15, -0.1) is 0 Å². The first-order valence-corrected chi connectivity index (χ1v) is 8.80. The summed E-state index contributed by atoms with van der Waals surface area (Å²) in [4.78, 5) is 12.0. The number of hydrogen-bond donors (Lipinski definition) is 1. The summed E-state index contributed by atoms with van der Waals surface area (Å²) in [7, 11) is 0.852. The second-order valence-electron chi connectivity index (χ2n) is 5.31. The minimum Gasteiger partial charge on any atom is -0.392 e. The molecule has 0 unspecified atom stereocenters. The predicted octanol–water partition coefficient (Wildman–Crippen LogP) is 0.641. The molecule has 22 heavy (non-hydrogen) atoms. The molecule has 0 amide bonds. The van der Waals surface area contributed by atoms with Gasteiger partial charge in [0.1, 0.15) is 0 Å². The van der Waals surface area contributed by atoms with Crippen molar-refractivity contribution in [1.82, 2.24) is 13.4 Å². The lowest BCUT2D eigenvalue weighted by Crippen LogP contribution is -2.33. The van der Waals surface area contributed by atoms with Crippen LogP contribution in [-0.2, 0) is 24.1 Å². The monoisotopic (exact) mass is 391 g/mol. The van der Waals surface area contributed by atoms with Crippen LogP contribution in [0.5, 0.6) is 0 Å². The van der Waals surface area contributed by atoms with Crippen LogP contribution in [-0.4, -0.2) is 46.7 Å². The highest BCUT2D eigenvalue weighted by molar-refractivity contribution is 9.10. The number of fused-ring (bicyclic) bond motifs is 1. The second kappa shape index (κ2) is 5.80. The van der Waals surface area contributed by atoms with Crippen molar-refractivity contribution in [3.63, 3.8) is 0 Å². The fourth-order valence-electron chi connectivity index (χ4n) is 2.34. The highest BCUT2D eigenvalue weighted by Crippen LogP contribution is 2.29. The van der Waals surface area contributed by atoms with E-state index >= 15 is 0 Å². The van der Waals surface area contributed by atoms with Crippen LogP contribution in [0.3, 0.4) is 0 Å². The molecule has 1 aromatic heterocycles. The number of halogens is 1. The third kappa shape index (κ3) is 2.73. The van der Waals surface area contributed by atoms with Crippen LogP contribution < -0.4 is 5.69 Å². The highest BCUT2D eigenvalue weighted by atomic mass is 79.9. The lowest BCUT2D eigenvalue weighted by atomic mass is 10.3. The number of rotatable bonds is 4. The predicted molar refractivity (Wildman–Crippen MR) is 87.4 cm³/mol. The van der Waals surface area contributed by atoms with Crippen molar-refractivity contribution >= 4 is 37.0 Å². The summed E-state index contributed by atoms with van der Waals surface area (Å²) >= 11 is 3.26. The molecule has 7 nitrogen and oxygen atoms in total. The van der Waals surface area contributed by atoms with Crippen LogP contribution >= 0.6 is 15.9 Å². The summed E-state index contributed by atoms with van der Waals surface area (Å²) < 4.78 is 29.6. The molecule has 2 rings (SSSR count). The number of nitrogens with zero attached hydrogens (tertiary/aromatic N) is 3. The summed E-state index contributed by atoms with van der Waals surface area (Å²) in [6, 6.07) is 3.08. The van der Waals surface area contributed by atoms with E-state index < -0.39 is 16.1 Å². The van der Waals surface area contributed by atoms with Crippen LogP contribution in [0.1, 0.15) is 6.92 Å². The Morgan fingerprint density at radius 3 is 2.27 bits per heavy atom. The first-order valence-electron chi connectivity index (χ1n) is 6.56. The van der Waals surface area contributed by atoms with Gasteiger partial charge in [0.25, 0.3) is 0 Å². The van der Waals surface area contributed by atoms with E-state index in [0.29, 0.717) is 15.5 Å². The fourth-order valence-corrected chi connectivity index (χ4v) is 4.59. The normalized spacial score (nSPS) is 14.0. The number of benzene rings is 1. The molecule has 0 aliphatic rings. The molecule has 0 bridgehead atoms. The molecule has 0 saturated carbocycles. The molecule has 0 spiro atoms. The van der Waals surface area contributed by atoms with Crippen molar-refractivity contribution in [1.29, 1.82) is 0 Å². The van der Waals surface area contributed by atoms with E-state index in [1.54, 1.807) is 20.2 Å². The molecular formula is C13H18BrN3O4S. The van der Waals surface area contributed by atoms with Crippen LogP contribution in [0.25, 0.3) is 11.0 Å². The van der Waals surface area contributed by atoms with Crippen molar-refractivity contribution < 1.29 is 13.5 Å². The first kappa shape index (κ1) is 17.2. The molecule has 1 atom stereocenters. The van der Waals surface area contributed by atoms with Gasteiger partial charge in [-0.3, -0.25) is 9.13 Å². The Morgan fingerprint density at radius 2 is 1.77 bits per heavy atom. The van der Waals surface area contributed by atoms with Crippen LogP contribution in [0.4, 0.5) is 0 Å². The van der Waals surface area contributed by atoms with E-state index in [-0.39, 0.29) is 17.1 Å². The van der Waals surface area contributed by atoms with Crippen molar-refractivity contribution in [2.45, 2.75) is 17.9 Å². The van der Waals surface area contributed by atoms with Gasteiger partial charge in [-0.2, -0.15) is 4.31 Å². The molecular weight excluding hydrogens is 374 g/mol. The van der Waals surface area contributed by atoms with Crippen molar-refractivity contribution in [2.75, 3.05) is 13.6 Å². The van der Waals surface area contributed by atoms with Crippen molar-refractivity contribution in [2.24, 2.45) is 14.1 Å². The van der Waals surface area contributed by atoms with Gasteiger partial charge in [0.15, 0.2) is 0 Å². The molecule has 122 valence electrons. The molecule has 1 heterocycles. The van der Waals surface area contributed by atoms with Gasteiger partial charge in [-0.1, -0.05) is 0 Å². The zero-order valence-electron chi connectivity index (χ0n) is 12.7. The lowest BCUT2D eigenvalue weighted by Gasteiger charge is -2.19. The van der Waals surface area contributed by atoms with Crippen LogP contribution in [0.15, 0.2) is 26.3 Å². The van der Waals surface area contributed by atoms with Crippen LogP contribution in [0.2, 0.25) is 0 Å². The highest BCUT2D eigenvalue weighted by Gasteiger charge is 2.26. The topological polar surface area (TPSA) is 84.5 Å². The third-order valence-electron chi connectivity index (χ3n) is 3.54. The number of aromatic nitrogens is 2. The van der Waals surface area contributed by atoms with Gasteiger partial charge < -0.3 is 5.11 Å². The Kier molecular flexibility index (Phi) is 4.54.